The third-order valence-electron chi connectivity index (χ3n) is 3.62. The maximum absolute atomic E-state index is 12.3. The van der Waals surface area contributed by atoms with E-state index in [9.17, 15) is 13.2 Å². The lowest BCUT2D eigenvalue weighted by Gasteiger charge is -2.07. The number of anilines is 1. The molecule has 1 heterocycles. The van der Waals surface area contributed by atoms with Crippen molar-refractivity contribution in [3.05, 3.63) is 60.2 Å². The Hall–Kier alpha value is -3.02. The lowest BCUT2D eigenvalue weighted by atomic mass is 10.2. The molecule has 9 nitrogen and oxygen atoms in total. The van der Waals surface area contributed by atoms with Crippen molar-refractivity contribution < 1.29 is 22.7 Å². The van der Waals surface area contributed by atoms with Crippen LogP contribution < -0.4 is 19.5 Å². The number of aromatic nitrogens is 2. The molecule has 29 heavy (non-hydrogen) atoms. The van der Waals surface area contributed by atoms with E-state index in [1.807, 2.05) is 0 Å². The van der Waals surface area contributed by atoms with Crippen molar-refractivity contribution in [1.82, 2.24) is 14.9 Å². The maximum atomic E-state index is 12.3. The first kappa shape index (κ1) is 20.7. The standard InChI is InChI=1S/C18H18N4O5S2/c1-26-14-7-9-15(10-8-14)27-12-11-19-29(24,25)18-22-21-17(28-18)20-16(23)13-5-3-2-4-6-13/h2-10,19H,11-12H2,1H3,(H,20,21,23). The van der Waals surface area contributed by atoms with Crippen LogP contribution in [-0.2, 0) is 10.0 Å². The average molecular weight is 434 g/mol. The minimum Gasteiger partial charge on any atom is -0.497 e. The Morgan fingerprint density at radius 2 is 1.72 bits per heavy atom. The van der Waals surface area contributed by atoms with E-state index >= 15 is 0 Å². The van der Waals surface area contributed by atoms with Crippen LogP contribution in [-0.4, -0.2) is 44.8 Å². The van der Waals surface area contributed by atoms with Gasteiger partial charge in [0.15, 0.2) is 0 Å². The molecular formula is C18H18N4O5S2. The van der Waals surface area contributed by atoms with Gasteiger partial charge in [-0.25, -0.2) is 13.1 Å². The summed E-state index contributed by atoms with van der Waals surface area (Å²) in [5, 5.41) is 9.97. The molecule has 0 unspecified atom stereocenters. The van der Waals surface area contributed by atoms with E-state index < -0.39 is 15.9 Å². The number of carbonyl (C=O) groups is 1. The zero-order chi connectivity index (χ0) is 20.7. The highest BCUT2D eigenvalue weighted by Crippen LogP contribution is 2.20. The minimum absolute atomic E-state index is 0.0413. The third kappa shape index (κ3) is 5.73. The smallest absolute Gasteiger partial charge is 0.269 e. The first-order valence-corrected chi connectivity index (χ1v) is 10.7. The van der Waals surface area contributed by atoms with Crippen molar-refractivity contribution >= 4 is 32.4 Å². The van der Waals surface area contributed by atoms with E-state index in [1.165, 1.54) is 0 Å². The highest BCUT2D eigenvalue weighted by molar-refractivity contribution is 7.91. The number of nitrogens with one attached hydrogen (secondary N) is 2. The van der Waals surface area contributed by atoms with Crippen LogP contribution in [0.25, 0.3) is 0 Å². The molecule has 0 aliphatic carbocycles. The Kier molecular flexibility index (Phi) is 6.75. The van der Waals surface area contributed by atoms with Gasteiger partial charge in [-0.3, -0.25) is 10.1 Å². The van der Waals surface area contributed by atoms with Gasteiger partial charge in [0.2, 0.25) is 9.47 Å². The topological polar surface area (TPSA) is 120 Å². The molecule has 0 aliphatic heterocycles. The van der Waals surface area contributed by atoms with E-state index in [-0.39, 0.29) is 22.6 Å². The van der Waals surface area contributed by atoms with Gasteiger partial charge in [-0.05, 0) is 36.4 Å². The summed E-state index contributed by atoms with van der Waals surface area (Å²) in [5.41, 5.74) is 0.431. The molecule has 0 spiro atoms. The lowest BCUT2D eigenvalue weighted by Crippen LogP contribution is -2.28. The number of methoxy groups -OCH3 is 1. The molecule has 2 aromatic carbocycles. The summed E-state index contributed by atoms with van der Waals surface area (Å²) in [4.78, 5) is 12.1. The molecule has 3 rings (SSSR count). The fourth-order valence-corrected chi connectivity index (χ4v) is 4.15. The van der Waals surface area contributed by atoms with Crippen LogP contribution in [0, 0.1) is 0 Å². The van der Waals surface area contributed by atoms with Crippen LogP contribution in [0.4, 0.5) is 5.13 Å². The molecule has 1 amide bonds. The highest BCUT2D eigenvalue weighted by Gasteiger charge is 2.20. The lowest BCUT2D eigenvalue weighted by molar-refractivity contribution is 0.102. The van der Waals surface area contributed by atoms with Crippen molar-refractivity contribution in [3.8, 4) is 11.5 Å². The molecule has 0 saturated heterocycles. The van der Waals surface area contributed by atoms with Crippen LogP contribution in [0.2, 0.25) is 0 Å². The summed E-state index contributed by atoms with van der Waals surface area (Å²) in [6, 6.07) is 15.4. The van der Waals surface area contributed by atoms with Crippen molar-refractivity contribution in [2.45, 2.75) is 4.34 Å². The Labute approximate surface area is 171 Å². The van der Waals surface area contributed by atoms with Gasteiger partial charge in [0.25, 0.3) is 15.9 Å². The first-order chi connectivity index (χ1) is 14.0. The summed E-state index contributed by atoms with van der Waals surface area (Å²) in [6.07, 6.45) is 0. The number of nitrogens with zero attached hydrogens (tertiary/aromatic N) is 2. The Balaban J connectivity index is 1.51. The predicted molar refractivity (Wildman–Crippen MR) is 108 cm³/mol. The van der Waals surface area contributed by atoms with Crippen LogP contribution in [0.15, 0.2) is 58.9 Å². The molecule has 0 atom stereocenters. The maximum Gasteiger partial charge on any atom is 0.269 e. The van der Waals surface area contributed by atoms with E-state index in [4.69, 9.17) is 9.47 Å². The van der Waals surface area contributed by atoms with Gasteiger partial charge in [0.1, 0.15) is 18.1 Å². The number of ether oxygens (including phenoxy) is 2. The molecule has 0 fully saturated rings. The van der Waals surface area contributed by atoms with Crippen molar-refractivity contribution in [2.75, 3.05) is 25.6 Å². The molecule has 2 N–H and O–H groups in total. The quantitative estimate of drug-likeness (QED) is 0.391. The minimum atomic E-state index is -3.86. The summed E-state index contributed by atoms with van der Waals surface area (Å²) >= 11 is 0.762. The average Bonchev–Trinajstić information content (AvgIpc) is 3.22. The number of benzene rings is 2. The molecular weight excluding hydrogens is 416 g/mol. The molecule has 0 radical (unpaired) electrons. The summed E-state index contributed by atoms with van der Waals surface area (Å²) in [6.45, 7) is 0.168. The predicted octanol–water partition coefficient (Wildman–Crippen LogP) is 2.16. The number of carbonyl (C=O) groups excluding carboxylic acids is 1. The van der Waals surface area contributed by atoms with Gasteiger partial charge in [0, 0.05) is 12.1 Å². The first-order valence-electron chi connectivity index (χ1n) is 8.44. The van der Waals surface area contributed by atoms with Crippen molar-refractivity contribution in [3.63, 3.8) is 0 Å². The second-order valence-electron chi connectivity index (χ2n) is 5.62. The fraction of sp³-hybridized carbons (Fsp3) is 0.167. The van der Waals surface area contributed by atoms with Gasteiger partial charge >= 0.3 is 0 Å². The van der Waals surface area contributed by atoms with Crippen molar-refractivity contribution in [1.29, 1.82) is 0 Å². The number of sulfonamides is 1. The molecule has 3 aromatic rings. The summed E-state index contributed by atoms with van der Waals surface area (Å²) < 4.78 is 37.3. The molecule has 0 saturated carbocycles. The molecule has 0 bridgehead atoms. The van der Waals surface area contributed by atoms with E-state index in [1.54, 1.807) is 61.7 Å². The van der Waals surface area contributed by atoms with Gasteiger partial charge < -0.3 is 9.47 Å². The van der Waals surface area contributed by atoms with E-state index in [0.717, 1.165) is 11.3 Å². The second-order valence-corrected chi connectivity index (χ2v) is 8.53. The van der Waals surface area contributed by atoms with Gasteiger partial charge in [-0.1, -0.05) is 29.5 Å². The molecule has 1 aromatic heterocycles. The van der Waals surface area contributed by atoms with Gasteiger partial charge in [0.05, 0.1) is 7.11 Å². The number of amides is 1. The molecule has 152 valence electrons. The summed E-state index contributed by atoms with van der Waals surface area (Å²) in [5.74, 6) is 0.892. The van der Waals surface area contributed by atoms with Crippen LogP contribution >= 0.6 is 11.3 Å². The molecule has 0 aliphatic rings. The Morgan fingerprint density at radius 1 is 1.03 bits per heavy atom. The monoisotopic (exact) mass is 434 g/mol. The Morgan fingerprint density at radius 3 is 2.41 bits per heavy atom. The van der Waals surface area contributed by atoms with Gasteiger partial charge in [-0.15, -0.1) is 10.2 Å². The zero-order valence-electron chi connectivity index (χ0n) is 15.4. The highest BCUT2D eigenvalue weighted by atomic mass is 32.2. The van der Waals surface area contributed by atoms with Gasteiger partial charge in [-0.2, -0.15) is 0 Å². The third-order valence-corrected chi connectivity index (χ3v) is 6.28. The van der Waals surface area contributed by atoms with E-state index in [0.29, 0.717) is 17.1 Å². The van der Waals surface area contributed by atoms with E-state index in [2.05, 4.69) is 20.2 Å². The number of hydrogen-bond acceptors (Lipinski definition) is 8. The normalized spacial score (nSPS) is 11.1. The summed E-state index contributed by atoms with van der Waals surface area (Å²) in [7, 11) is -2.30. The Bertz CT molecular complexity index is 1050. The van der Waals surface area contributed by atoms with Crippen LogP contribution in [0.1, 0.15) is 10.4 Å². The second kappa shape index (κ2) is 9.45. The molecule has 11 heteroatoms. The fourth-order valence-electron chi connectivity index (χ4n) is 2.21. The van der Waals surface area contributed by atoms with Crippen molar-refractivity contribution in [2.24, 2.45) is 0 Å². The zero-order valence-corrected chi connectivity index (χ0v) is 17.0. The SMILES string of the molecule is COc1ccc(OCCNS(=O)(=O)c2nnc(NC(=O)c3ccccc3)s2)cc1. The van der Waals surface area contributed by atoms with Crippen LogP contribution in [0.5, 0.6) is 11.5 Å². The number of rotatable bonds is 9. The largest absolute Gasteiger partial charge is 0.497 e. The van der Waals surface area contributed by atoms with Crippen LogP contribution in [0.3, 0.4) is 0 Å². The number of hydrogen-bond donors (Lipinski definition) is 2.